The molecule has 1 heterocycles. The molecule has 1 N–H and O–H groups in total. The predicted molar refractivity (Wildman–Crippen MR) is 72.2 cm³/mol. The van der Waals surface area contributed by atoms with E-state index in [1.807, 2.05) is 0 Å². The number of hydrogen-bond donors (Lipinski definition) is 1. The van der Waals surface area contributed by atoms with Crippen LogP contribution in [0.25, 0.3) is 10.6 Å². The summed E-state index contributed by atoms with van der Waals surface area (Å²) in [6, 6.07) is 6.35. The monoisotopic (exact) mass is 265 g/mol. The summed E-state index contributed by atoms with van der Waals surface area (Å²) in [4.78, 5) is 0. The Morgan fingerprint density at radius 1 is 1.17 bits per heavy atom. The molecule has 0 spiro atoms. The lowest BCUT2D eigenvalue weighted by Crippen LogP contribution is -2.17. The van der Waals surface area contributed by atoms with Gasteiger partial charge in [-0.1, -0.05) is 18.3 Å². The van der Waals surface area contributed by atoms with Crippen LogP contribution >= 0.6 is 11.3 Å². The molecule has 0 bridgehead atoms. The van der Waals surface area contributed by atoms with Crippen molar-refractivity contribution in [3.8, 4) is 10.6 Å². The largest absolute Gasteiger partial charge is 0.316 e. The van der Waals surface area contributed by atoms with E-state index in [1.54, 1.807) is 23.5 Å². The first kappa shape index (κ1) is 13.1. The van der Waals surface area contributed by atoms with E-state index in [-0.39, 0.29) is 5.82 Å². The molecule has 0 amide bonds. The van der Waals surface area contributed by atoms with Crippen molar-refractivity contribution in [1.29, 1.82) is 0 Å². The molecule has 0 fully saturated rings. The summed E-state index contributed by atoms with van der Waals surface area (Å²) >= 11 is 1.57. The molecule has 0 saturated heterocycles. The third kappa shape index (κ3) is 3.58. The molecular formula is C13H16FN3S. The Hall–Kier alpha value is -1.33. The molecule has 96 valence electrons. The molecule has 2 rings (SSSR count). The van der Waals surface area contributed by atoms with Crippen LogP contribution in [0.4, 0.5) is 4.39 Å². The fourth-order valence-corrected chi connectivity index (χ4v) is 2.41. The molecule has 0 aliphatic heterocycles. The molecular weight excluding hydrogens is 249 g/mol. The molecule has 0 saturated carbocycles. The number of nitrogens with zero attached hydrogens (tertiary/aromatic N) is 2. The van der Waals surface area contributed by atoms with Crippen molar-refractivity contribution >= 4 is 11.3 Å². The van der Waals surface area contributed by atoms with Crippen LogP contribution in [0.15, 0.2) is 24.3 Å². The van der Waals surface area contributed by atoms with Crippen molar-refractivity contribution in [2.24, 2.45) is 0 Å². The normalized spacial score (nSPS) is 10.8. The third-order valence-corrected chi connectivity index (χ3v) is 3.53. The second-order valence-corrected chi connectivity index (χ2v) is 5.07. The minimum Gasteiger partial charge on any atom is -0.316 e. The standard InChI is InChI=1S/C13H16FN3S/c1-2-8-15-9-7-12-16-17-13(18-12)10-3-5-11(14)6-4-10/h3-6,15H,2,7-9H2,1H3. The van der Waals surface area contributed by atoms with Crippen molar-refractivity contribution in [3.63, 3.8) is 0 Å². The smallest absolute Gasteiger partial charge is 0.147 e. The molecule has 5 heteroatoms. The van der Waals surface area contributed by atoms with Crippen LogP contribution < -0.4 is 5.32 Å². The van der Waals surface area contributed by atoms with Gasteiger partial charge in [-0.25, -0.2) is 4.39 Å². The number of rotatable bonds is 6. The fraction of sp³-hybridized carbons (Fsp3) is 0.385. The van der Waals surface area contributed by atoms with Crippen LogP contribution in [0.2, 0.25) is 0 Å². The Kier molecular flexibility index (Phi) is 4.78. The summed E-state index contributed by atoms with van der Waals surface area (Å²) in [6.45, 7) is 4.10. The average Bonchev–Trinajstić information content (AvgIpc) is 2.84. The van der Waals surface area contributed by atoms with Gasteiger partial charge < -0.3 is 5.32 Å². The van der Waals surface area contributed by atoms with Crippen LogP contribution in [0, 0.1) is 5.82 Å². The Labute approximate surface area is 110 Å². The van der Waals surface area contributed by atoms with Gasteiger partial charge in [-0.05, 0) is 37.2 Å². The summed E-state index contributed by atoms with van der Waals surface area (Å²) in [6.07, 6.45) is 2.02. The second-order valence-electron chi connectivity index (χ2n) is 4.01. The molecule has 1 aromatic heterocycles. The summed E-state index contributed by atoms with van der Waals surface area (Å²) < 4.78 is 12.8. The lowest BCUT2D eigenvalue weighted by molar-refractivity contribution is 0.628. The maximum atomic E-state index is 12.8. The average molecular weight is 265 g/mol. The highest BCUT2D eigenvalue weighted by Crippen LogP contribution is 2.23. The maximum absolute atomic E-state index is 12.8. The fourth-order valence-electron chi connectivity index (χ4n) is 1.56. The maximum Gasteiger partial charge on any atom is 0.147 e. The zero-order valence-electron chi connectivity index (χ0n) is 10.3. The molecule has 2 aromatic rings. The first-order chi connectivity index (χ1) is 8.79. The van der Waals surface area contributed by atoms with Gasteiger partial charge in [0.05, 0.1) is 0 Å². The summed E-state index contributed by atoms with van der Waals surface area (Å²) in [5.41, 5.74) is 0.918. The van der Waals surface area contributed by atoms with Gasteiger partial charge in [-0.15, -0.1) is 10.2 Å². The lowest BCUT2D eigenvalue weighted by atomic mass is 10.2. The van der Waals surface area contributed by atoms with Crippen LogP contribution in [0.3, 0.4) is 0 Å². The van der Waals surface area contributed by atoms with E-state index in [1.165, 1.54) is 12.1 Å². The number of benzene rings is 1. The van der Waals surface area contributed by atoms with Gasteiger partial charge in [0, 0.05) is 18.5 Å². The Morgan fingerprint density at radius 3 is 2.67 bits per heavy atom. The molecule has 3 nitrogen and oxygen atoms in total. The molecule has 18 heavy (non-hydrogen) atoms. The quantitative estimate of drug-likeness (QED) is 0.816. The molecule has 0 aliphatic rings. The zero-order chi connectivity index (χ0) is 12.8. The van der Waals surface area contributed by atoms with Gasteiger partial charge in [0.15, 0.2) is 0 Å². The van der Waals surface area contributed by atoms with Crippen LogP contribution in [-0.4, -0.2) is 23.3 Å². The first-order valence-corrected chi connectivity index (χ1v) is 6.90. The van der Waals surface area contributed by atoms with Crippen LogP contribution in [0.5, 0.6) is 0 Å². The molecule has 0 atom stereocenters. The topological polar surface area (TPSA) is 37.8 Å². The van der Waals surface area contributed by atoms with Crippen molar-refractivity contribution in [2.75, 3.05) is 13.1 Å². The highest BCUT2D eigenvalue weighted by molar-refractivity contribution is 7.14. The van der Waals surface area contributed by atoms with Crippen molar-refractivity contribution < 1.29 is 4.39 Å². The van der Waals surface area contributed by atoms with Crippen LogP contribution in [-0.2, 0) is 6.42 Å². The number of halogens is 1. The predicted octanol–water partition coefficient (Wildman–Crippen LogP) is 2.89. The summed E-state index contributed by atoms with van der Waals surface area (Å²) in [7, 11) is 0. The molecule has 1 aromatic carbocycles. The van der Waals surface area contributed by atoms with Crippen molar-refractivity contribution in [3.05, 3.63) is 35.1 Å². The van der Waals surface area contributed by atoms with E-state index in [9.17, 15) is 4.39 Å². The first-order valence-electron chi connectivity index (χ1n) is 6.08. The van der Waals surface area contributed by atoms with Gasteiger partial charge in [0.2, 0.25) is 0 Å². The Balaban J connectivity index is 1.95. The number of hydrogen-bond acceptors (Lipinski definition) is 4. The third-order valence-electron chi connectivity index (χ3n) is 2.50. The van der Waals surface area contributed by atoms with E-state index in [0.717, 1.165) is 41.5 Å². The zero-order valence-corrected chi connectivity index (χ0v) is 11.1. The van der Waals surface area contributed by atoms with Gasteiger partial charge >= 0.3 is 0 Å². The number of nitrogens with one attached hydrogen (secondary N) is 1. The Morgan fingerprint density at radius 2 is 1.94 bits per heavy atom. The van der Waals surface area contributed by atoms with E-state index in [2.05, 4.69) is 22.4 Å². The molecule has 0 radical (unpaired) electrons. The number of aromatic nitrogens is 2. The van der Waals surface area contributed by atoms with E-state index < -0.39 is 0 Å². The lowest BCUT2D eigenvalue weighted by Gasteiger charge is -1.98. The van der Waals surface area contributed by atoms with Gasteiger partial charge in [0.1, 0.15) is 15.8 Å². The highest BCUT2D eigenvalue weighted by Gasteiger charge is 2.06. The Bertz CT molecular complexity index is 481. The molecule has 0 aliphatic carbocycles. The highest BCUT2D eigenvalue weighted by atomic mass is 32.1. The van der Waals surface area contributed by atoms with Gasteiger partial charge in [-0.2, -0.15) is 0 Å². The van der Waals surface area contributed by atoms with E-state index >= 15 is 0 Å². The van der Waals surface area contributed by atoms with E-state index in [0.29, 0.717) is 0 Å². The van der Waals surface area contributed by atoms with Gasteiger partial charge in [-0.3, -0.25) is 0 Å². The van der Waals surface area contributed by atoms with Crippen LogP contribution in [0.1, 0.15) is 18.4 Å². The van der Waals surface area contributed by atoms with Gasteiger partial charge in [0.25, 0.3) is 0 Å². The van der Waals surface area contributed by atoms with E-state index in [4.69, 9.17) is 0 Å². The van der Waals surface area contributed by atoms with Crippen molar-refractivity contribution in [1.82, 2.24) is 15.5 Å². The minimum atomic E-state index is -0.229. The SMILES string of the molecule is CCCNCCc1nnc(-c2ccc(F)cc2)s1. The summed E-state index contributed by atoms with van der Waals surface area (Å²) in [5.74, 6) is -0.229. The molecule has 0 unspecified atom stereocenters. The second kappa shape index (κ2) is 6.56. The summed E-state index contributed by atoms with van der Waals surface area (Å²) in [5, 5.41) is 13.5. The van der Waals surface area contributed by atoms with Crippen molar-refractivity contribution in [2.45, 2.75) is 19.8 Å². The minimum absolute atomic E-state index is 0.229.